The van der Waals surface area contributed by atoms with Crippen molar-refractivity contribution >= 4 is 52.0 Å². The van der Waals surface area contributed by atoms with Gasteiger partial charge in [-0.05, 0) is 12.1 Å². The molecule has 0 atom stereocenters. The van der Waals surface area contributed by atoms with Crippen molar-refractivity contribution in [3.05, 3.63) is 35.4 Å². The molecule has 2 aliphatic rings. The summed E-state index contributed by atoms with van der Waals surface area (Å²) in [4.78, 5) is 53.3. The number of rotatable bonds is 3. The van der Waals surface area contributed by atoms with Gasteiger partial charge in [-0.25, -0.2) is 4.79 Å². The van der Waals surface area contributed by atoms with Crippen LogP contribution in [0.5, 0.6) is 0 Å². The lowest BCUT2D eigenvalue weighted by Crippen LogP contribution is -2.39. The van der Waals surface area contributed by atoms with Gasteiger partial charge >= 0.3 is 5.97 Å². The maximum absolute atomic E-state index is 12.0. The molecule has 0 aromatic heterocycles. The highest BCUT2D eigenvalue weighted by Gasteiger charge is 2.39. The fraction of sp³-hybridized carbons (Fsp3) is 0.154. The minimum atomic E-state index is -0.910. The monoisotopic (exact) mass is 336 g/mol. The molecule has 0 radical (unpaired) electrons. The fourth-order valence-electron chi connectivity index (χ4n) is 2.04. The van der Waals surface area contributed by atoms with E-state index >= 15 is 0 Å². The van der Waals surface area contributed by atoms with Crippen LogP contribution in [0.2, 0.25) is 0 Å². The Morgan fingerprint density at radius 3 is 2.27 bits per heavy atom. The Morgan fingerprint density at radius 1 is 1.18 bits per heavy atom. The molecule has 1 aromatic rings. The van der Waals surface area contributed by atoms with Gasteiger partial charge in [0.15, 0.2) is 0 Å². The Hall–Kier alpha value is -2.26. The zero-order chi connectivity index (χ0) is 15.9. The molecule has 0 spiro atoms. The molecule has 1 saturated heterocycles. The van der Waals surface area contributed by atoms with E-state index in [1.165, 1.54) is 12.1 Å². The predicted molar refractivity (Wildman–Crippen MR) is 79.8 cm³/mol. The molecule has 3 rings (SSSR count). The number of thiocarbonyl (C=S) groups is 1. The number of amides is 3. The molecule has 1 aromatic carbocycles. The van der Waals surface area contributed by atoms with E-state index < -0.39 is 24.3 Å². The third kappa shape index (κ3) is 2.38. The zero-order valence-corrected chi connectivity index (χ0v) is 12.6. The molecule has 2 aliphatic heterocycles. The van der Waals surface area contributed by atoms with Gasteiger partial charge in [-0.3, -0.25) is 19.3 Å². The molecule has 0 saturated carbocycles. The summed E-state index contributed by atoms with van der Waals surface area (Å²) in [7, 11) is 0. The molecule has 7 nitrogen and oxygen atoms in total. The molecule has 9 heteroatoms. The van der Waals surface area contributed by atoms with Crippen molar-refractivity contribution in [3.8, 4) is 0 Å². The number of carbonyl (C=O) groups excluding carboxylic acids is 4. The second-order valence-corrected chi connectivity index (χ2v) is 6.06. The van der Waals surface area contributed by atoms with Crippen LogP contribution in [0.15, 0.2) is 24.3 Å². The lowest BCUT2D eigenvalue weighted by atomic mass is 10.1. The summed E-state index contributed by atoms with van der Waals surface area (Å²) >= 11 is 6.08. The van der Waals surface area contributed by atoms with Gasteiger partial charge in [-0.15, -0.1) is 0 Å². The highest BCUT2D eigenvalue weighted by Crippen LogP contribution is 2.23. The maximum atomic E-state index is 12.0. The SMILES string of the molecule is O=C(CN1C(=O)CSC1=S)ON1C(=O)c2ccccc2C1=O. The van der Waals surface area contributed by atoms with Crippen LogP contribution < -0.4 is 0 Å². The molecule has 1 fully saturated rings. The second kappa shape index (κ2) is 5.50. The van der Waals surface area contributed by atoms with Crippen molar-refractivity contribution in [1.29, 1.82) is 0 Å². The number of hydroxylamine groups is 2. The van der Waals surface area contributed by atoms with Gasteiger partial charge in [-0.2, -0.15) is 0 Å². The van der Waals surface area contributed by atoms with Gasteiger partial charge < -0.3 is 4.84 Å². The molecule has 2 heterocycles. The van der Waals surface area contributed by atoms with Gasteiger partial charge in [0.25, 0.3) is 11.8 Å². The van der Waals surface area contributed by atoms with Gasteiger partial charge in [0.05, 0.1) is 16.9 Å². The summed E-state index contributed by atoms with van der Waals surface area (Å²) in [6.45, 7) is -0.432. The first-order valence-corrected chi connectivity index (χ1v) is 7.54. The molecule has 0 N–H and O–H groups in total. The first kappa shape index (κ1) is 14.7. The van der Waals surface area contributed by atoms with E-state index in [0.29, 0.717) is 5.06 Å². The van der Waals surface area contributed by atoms with Crippen molar-refractivity contribution < 1.29 is 24.0 Å². The highest BCUT2D eigenvalue weighted by molar-refractivity contribution is 8.23. The number of carbonyl (C=O) groups is 4. The summed E-state index contributed by atoms with van der Waals surface area (Å²) in [5.74, 6) is -2.47. The normalized spacial score (nSPS) is 17.3. The Balaban J connectivity index is 1.71. The van der Waals surface area contributed by atoms with E-state index in [1.807, 2.05) is 0 Å². The third-order valence-corrected chi connectivity index (χ3v) is 4.51. The molecular weight excluding hydrogens is 328 g/mol. The largest absolute Gasteiger partial charge is 0.352 e. The first-order valence-electron chi connectivity index (χ1n) is 6.15. The Kier molecular flexibility index (Phi) is 3.67. The molecule has 22 heavy (non-hydrogen) atoms. The second-order valence-electron chi connectivity index (χ2n) is 4.45. The Morgan fingerprint density at radius 2 is 1.77 bits per heavy atom. The fourth-order valence-corrected chi connectivity index (χ4v) is 3.11. The Labute approximate surface area is 134 Å². The van der Waals surface area contributed by atoms with Crippen molar-refractivity contribution in [2.75, 3.05) is 12.3 Å². The number of nitrogens with zero attached hydrogens (tertiary/aromatic N) is 2. The lowest BCUT2D eigenvalue weighted by Gasteiger charge is -2.16. The molecular formula is C13H8N2O5S2. The lowest BCUT2D eigenvalue weighted by molar-refractivity contribution is -0.169. The van der Waals surface area contributed by atoms with E-state index in [-0.39, 0.29) is 27.1 Å². The molecule has 0 bridgehead atoms. The summed E-state index contributed by atoms with van der Waals surface area (Å²) in [5.41, 5.74) is 0.340. The highest BCUT2D eigenvalue weighted by atomic mass is 32.2. The summed E-state index contributed by atoms with van der Waals surface area (Å²) < 4.78 is 0.268. The summed E-state index contributed by atoms with van der Waals surface area (Å²) in [5, 5.41) is 0.406. The van der Waals surface area contributed by atoms with Gasteiger partial charge in [0, 0.05) is 0 Å². The first-order chi connectivity index (χ1) is 10.5. The van der Waals surface area contributed by atoms with Crippen LogP contribution in [-0.2, 0) is 14.4 Å². The topological polar surface area (TPSA) is 84.0 Å². The molecule has 3 amide bonds. The van der Waals surface area contributed by atoms with Gasteiger partial charge in [0.2, 0.25) is 5.91 Å². The summed E-state index contributed by atoms with van der Waals surface area (Å²) in [6.07, 6.45) is 0. The van der Waals surface area contributed by atoms with E-state index in [9.17, 15) is 19.2 Å². The minimum absolute atomic E-state index is 0.166. The van der Waals surface area contributed by atoms with Gasteiger partial charge in [-0.1, -0.05) is 41.2 Å². The van der Waals surface area contributed by atoms with Crippen LogP contribution in [0.1, 0.15) is 20.7 Å². The Bertz CT molecular complexity index is 682. The van der Waals surface area contributed by atoms with Crippen LogP contribution in [0.4, 0.5) is 0 Å². The zero-order valence-electron chi connectivity index (χ0n) is 11.0. The standard InChI is InChI=1S/C13H8N2O5S2/c16-9-6-22-13(21)14(9)5-10(17)20-15-11(18)7-3-1-2-4-8(7)12(15)19/h1-4H,5-6H2. The number of hydrogen-bond acceptors (Lipinski definition) is 7. The average molecular weight is 336 g/mol. The molecule has 0 aliphatic carbocycles. The van der Waals surface area contributed by atoms with E-state index in [1.54, 1.807) is 12.1 Å². The van der Waals surface area contributed by atoms with E-state index in [0.717, 1.165) is 16.7 Å². The van der Waals surface area contributed by atoms with Gasteiger partial charge in [0.1, 0.15) is 10.9 Å². The van der Waals surface area contributed by atoms with Crippen LogP contribution in [0, 0.1) is 0 Å². The van der Waals surface area contributed by atoms with Crippen LogP contribution in [-0.4, -0.2) is 50.3 Å². The van der Waals surface area contributed by atoms with Crippen molar-refractivity contribution in [1.82, 2.24) is 9.96 Å². The summed E-state index contributed by atoms with van der Waals surface area (Å²) in [6, 6.07) is 6.15. The number of fused-ring (bicyclic) bond motifs is 1. The van der Waals surface area contributed by atoms with Crippen LogP contribution in [0.25, 0.3) is 0 Å². The minimum Gasteiger partial charge on any atom is -0.328 e. The molecule has 112 valence electrons. The van der Waals surface area contributed by atoms with Crippen molar-refractivity contribution in [2.24, 2.45) is 0 Å². The van der Waals surface area contributed by atoms with E-state index in [4.69, 9.17) is 17.1 Å². The number of hydrogen-bond donors (Lipinski definition) is 0. The maximum Gasteiger partial charge on any atom is 0.352 e. The van der Waals surface area contributed by atoms with Crippen molar-refractivity contribution in [3.63, 3.8) is 0 Å². The smallest absolute Gasteiger partial charge is 0.328 e. The average Bonchev–Trinajstić information content (AvgIpc) is 2.94. The molecule has 0 unspecified atom stereocenters. The predicted octanol–water partition coefficient (Wildman–Crippen LogP) is 0.601. The van der Waals surface area contributed by atoms with Crippen molar-refractivity contribution in [2.45, 2.75) is 0 Å². The quantitative estimate of drug-likeness (QED) is 0.590. The van der Waals surface area contributed by atoms with Crippen LogP contribution in [0.3, 0.4) is 0 Å². The number of benzene rings is 1. The van der Waals surface area contributed by atoms with E-state index in [2.05, 4.69) is 0 Å². The number of imide groups is 1. The third-order valence-electron chi connectivity index (χ3n) is 3.08. The number of thioether (sulfide) groups is 1. The van der Waals surface area contributed by atoms with Crippen LogP contribution >= 0.6 is 24.0 Å².